The van der Waals surface area contributed by atoms with Gasteiger partial charge in [-0.2, -0.15) is 0 Å². The van der Waals surface area contributed by atoms with Crippen molar-refractivity contribution in [3.63, 3.8) is 0 Å². The highest BCUT2D eigenvalue weighted by molar-refractivity contribution is 7.80. The van der Waals surface area contributed by atoms with Gasteiger partial charge in [-0.05, 0) is 86.2 Å². The molecular weight excluding hydrogens is 420 g/mol. The molecule has 0 heterocycles. The van der Waals surface area contributed by atoms with Crippen molar-refractivity contribution in [1.29, 1.82) is 0 Å². The van der Waals surface area contributed by atoms with Gasteiger partial charge in [0.1, 0.15) is 0 Å². The molecule has 0 amide bonds. The minimum Gasteiger partial charge on any atom is -0.376 e. The van der Waals surface area contributed by atoms with E-state index in [9.17, 15) is 0 Å². The van der Waals surface area contributed by atoms with Crippen LogP contribution in [0.3, 0.4) is 0 Å². The van der Waals surface area contributed by atoms with Crippen LogP contribution in [0.5, 0.6) is 0 Å². The topological polar surface area (TPSA) is 38.0 Å². The molecule has 0 saturated heterocycles. The highest BCUT2D eigenvalue weighted by Crippen LogP contribution is 2.67. The summed E-state index contributed by atoms with van der Waals surface area (Å²) in [6.45, 7) is 0. The van der Waals surface area contributed by atoms with Crippen LogP contribution < -0.4 is 11.1 Å². The zero-order valence-corrected chi connectivity index (χ0v) is 20.3. The minimum atomic E-state index is 0.143. The smallest absolute Gasteiger partial charge is 0.0818 e. The number of allylic oxidation sites excluding steroid dienone is 1. The quantitative estimate of drug-likeness (QED) is 0.523. The molecule has 5 aliphatic rings. The van der Waals surface area contributed by atoms with Gasteiger partial charge < -0.3 is 11.1 Å². The average molecular weight is 457 g/mol. The van der Waals surface area contributed by atoms with E-state index in [0.717, 1.165) is 30.7 Å². The summed E-state index contributed by atoms with van der Waals surface area (Å²) in [5, 5.41) is 3.89. The monoisotopic (exact) mass is 456 g/mol. The zero-order valence-electron chi connectivity index (χ0n) is 19.5. The molecule has 2 aromatic rings. The molecule has 7 rings (SSSR count). The van der Waals surface area contributed by atoms with Crippen molar-refractivity contribution < 1.29 is 0 Å². The molecule has 172 valence electrons. The van der Waals surface area contributed by atoms with Crippen LogP contribution in [0.4, 0.5) is 0 Å². The Labute approximate surface area is 204 Å². The van der Waals surface area contributed by atoms with E-state index in [4.69, 9.17) is 18.0 Å². The maximum Gasteiger partial charge on any atom is 0.0818 e. The number of hydrogen-bond acceptors (Lipinski definition) is 2. The maximum absolute atomic E-state index is 6.26. The largest absolute Gasteiger partial charge is 0.376 e. The van der Waals surface area contributed by atoms with Gasteiger partial charge in [-0.25, -0.2) is 0 Å². The Kier molecular flexibility index (Phi) is 5.46. The Morgan fingerprint density at radius 1 is 0.848 bits per heavy atom. The fourth-order valence-corrected chi connectivity index (χ4v) is 8.32. The Hall–Kier alpha value is -1.97. The number of nitrogens with one attached hydrogen (secondary N) is 1. The molecule has 0 aromatic heterocycles. The Morgan fingerprint density at radius 2 is 1.45 bits per heavy atom. The van der Waals surface area contributed by atoms with Crippen molar-refractivity contribution in [3.8, 4) is 0 Å². The van der Waals surface area contributed by atoms with Crippen LogP contribution in [0.1, 0.15) is 68.9 Å². The normalized spacial score (nSPS) is 37.1. The molecular formula is C30H36N2S. The second-order valence-corrected chi connectivity index (χ2v) is 11.9. The molecule has 5 fully saturated rings. The van der Waals surface area contributed by atoms with Crippen LogP contribution in [-0.4, -0.2) is 17.1 Å². The standard InChI is InChI=1S/C30H36N2S/c31-25-11-13-26(14-12-25)32-28(33)30-18-22-16-29(20-30,24-9-5-2-6-10-24)17-23(19-30)27(22)15-21-7-3-1-4-8-21/h1-10,15,22-23,25-26H,11-14,16-20,31H2,(H,32,33)/t22?,23?,25-,26-,29?,30?. The van der Waals surface area contributed by atoms with Crippen LogP contribution in [0.15, 0.2) is 66.2 Å². The first-order valence-electron chi connectivity index (χ1n) is 12.9. The van der Waals surface area contributed by atoms with Gasteiger partial charge in [0.15, 0.2) is 0 Å². The van der Waals surface area contributed by atoms with Gasteiger partial charge in [0.25, 0.3) is 0 Å². The molecule has 2 atom stereocenters. The summed E-state index contributed by atoms with van der Waals surface area (Å²) in [6, 6.07) is 23.2. The van der Waals surface area contributed by atoms with E-state index in [1.165, 1.54) is 43.2 Å². The molecule has 4 bridgehead atoms. The van der Waals surface area contributed by atoms with Crippen molar-refractivity contribution in [2.24, 2.45) is 23.0 Å². The molecule has 3 N–H and O–H groups in total. The van der Waals surface area contributed by atoms with Crippen molar-refractivity contribution in [2.45, 2.75) is 75.3 Å². The van der Waals surface area contributed by atoms with E-state index in [0.29, 0.717) is 23.9 Å². The number of rotatable bonds is 4. The Balaban J connectivity index is 1.33. The van der Waals surface area contributed by atoms with E-state index in [1.807, 2.05) is 0 Å². The lowest BCUT2D eigenvalue weighted by Gasteiger charge is -2.63. The molecule has 3 heteroatoms. The molecule has 0 spiro atoms. The molecule has 33 heavy (non-hydrogen) atoms. The van der Waals surface area contributed by atoms with Gasteiger partial charge in [-0.1, -0.05) is 84.5 Å². The van der Waals surface area contributed by atoms with Crippen LogP contribution in [0.25, 0.3) is 6.08 Å². The molecule has 2 nitrogen and oxygen atoms in total. The van der Waals surface area contributed by atoms with Gasteiger partial charge in [0.05, 0.1) is 4.99 Å². The summed E-state index contributed by atoms with van der Waals surface area (Å²) in [5.41, 5.74) is 11.2. The van der Waals surface area contributed by atoms with Crippen molar-refractivity contribution in [2.75, 3.05) is 0 Å². The summed E-state index contributed by atoms with van der Waals surface area (Å²) in [4.78, 5) is 1.16. The lowest BCUT2D eigenvalue weighted by Crippen LogP contribution is -2.60. The highest BCUT2D eigenvalue weighted by atomic mass is 32.1. The van der Waals surface area contributed by atoms with E-state index < -0.39 is 0 Å². The number of hydrogen-bond donors (Lipinski definition) is 2. The van der Waals surface area contributed by atoms with Crippen molar-refractivity contribution in [3.05, 3.63) is 77.4 Å². The third-order valence-corrected chi connectivity index (χ3v) is 9.83. The van der Waals surface area contributed by atoms with Gasteiger partial charge in [0, 0.05) is 17.5 Å². The number of thiocarbonyl (C=S) groups is 1. The first-order chi connectivity index (χ1) is 16.1. The molecule has 2 aromatic carbocycles. The second kappa shape index (κ2) is 8.36. The van der Waals surface area contributed by atoms with Gasteiger partial charge in [0.2, 0.25) is 0 Å². The van der Waals surface area contributed by atoms with E-state index in [1.54, 1.807) is 5.57 Å². The number of nitrogens with two attached hydrogens (primary N) is 1. The van der Waals surface area contributed by atoms with E-state index >= 15 is 0 Å². The van der Waals surface area contributed by atoms with Crippen LogP contribution in [0.2, 0.25) is 0 Å². The summed E-state index contributed by atoms with van der Waals surface area (Å²) >= 11 is 6.26. The summed E-state index contributed by atoms with van der Waals surface area (Å²) in [7, 11) is 0. The van der Waals surface area contributed by atoms with Crippen LogP contribution in [0, 0.1) is 17.3 Å². The van der Waals surface area contributed by atoms with E-state index in [-0.39, 0.29) is 10.8 Å². The Morgan fingerprint density at radius 3 is 2.09 bits per heavy atom. The zero-order chi connectivity index (χ0) is 22.5. The summed E-state index contributed by atoms with van der Waals surface area (Å²) in [6.07, 6.45) is 13.3. The van der Waals surface area contributed by atoms with Crippen molar-refractivity contribution >= 4 is 23.3 Å². The summed E-state index contributed by atoms with van der Waals surface area (Å²) in [5.74, 6) is 1.26. The van der Waals surface area contributed by atoms with Crippen LogP contribution in [-0.2, 0) is 5.41 Å². The van der Waals surface area contributed by atoms with E-state index in [2.05, 4.69) is 72.1 Å². The van der Waals surface area contributed by atoms with Crippen LogP contribution >= 0.6 is 12.2 Å². The predicted molar refractivity (Wildman–Crippen MR) is 141 cm³/mol. The third kappa shape index (κ3) is 3.88. The molecule has 0 aliphatic heterocycles. The molecule has 5 aliphatic carbocycles. The van der Waals surface area contributed by atoms with Gasteiger partial charge in [-0.3, -0.25) is 0 Å². The maximum atomic E-state index is 6.26. The molecule has 5 saturated carbocycles. The predicted octanol–water partition coefficient (Wildman–Crippen LogP) is 6.41. The fraction of sp³-hybridized carbons (Fsp3) is 0.500. The van der Waals surface area contributed by atoms with Gasteiger partial charge in [-0.15, -0.1) is 0 Å². The number of benzene rings is 2. The molecule has 2 unspecified atom stereocenters. The highest BCUT2D eigenvalue weighted by Gasteiger charge is 2.61. The van der Waals surface area contributed by atoms with Gasteiger partial charge >= 0.3 is 0 Å². The second-order valence-electron chi connectivity index (χ2n) is 11.5. The first-order valence-corrected chi connectivity index (χ1v) is 13.3. The van der Waals surface area contributed by atoms with Crippen molar-refractivity contribution in [1.82, 2.24) is 5.32 Å². The third-order valence-electron chi connectivity index (χ3n) is 9.28. The first kappa shape index (κ1) is 21.6. The summed E-state index contributed by atoms with van der Waals surface area (Å²) < 4.78 is 0. The lowest BCUT2D eigenvalue weighted by atomic mass is 9.41. The Bertz CT molecular complexity index is 1020. The SMILES string of the molecule is N[C@H]1CC[C@H](NC(=S)C23CC4CC(c5ccccc5)(CC(C2)C4=Cc2ccccc2)C3)CC1. The fourth-order valence-electron chi connectivity index (χ4n) is 7.91. The average Bonchev–Trinajstić information content (AvgIpc) is 2.84. The minimum absolute atomic E-state index is 0.143. The molecule has 0 radical (unpaired) electrons. The lowest BCUT2D eigenvalue weighted by molar-refractivity contribution is 0.00672.